The summed E-state index contributed by atoms with van der Waals surface area (Å²) in [7, 11) is 1.23. The quantitative estimate of drug-likeness (QED) is 0.162. The number of terminal acetylenes is 1. The summed E-state index contributed by atoms with van der Waals surface area (Å²) >= 11 is 0. The Kier molecular flexibility index (Phi) is 15.6. The number of esters is 1. The molecule has 0 saturated carbocycles. The Morgan fingerprint density at radius 1 is 1.02 bits per heavy atom. The lowest BCUT2D eigenvalue weighted by Crippen LogP contribution is -2.55. The predicted molar refractivity (Wildman–Crippen MR) is 160 cm³/mol. The second-order valence-corrected chi connectivity index (χ2v) is 11.2. The number of carbonyl (C=O) groups is 4. The monoisotopic (exact) mass is 571 g/mol. The predicted octanol–water partition coefficient (Wildman–Crippen LogP) is 5.13. The van der Waals surface area contributed by atoms with Crippen LogP contribution in [0.3, 0.4) is 0 Å². The van der Waals surface area contributed by atoms with Crippen LogP contribution in [0, 0.1) is 18.3 Å². The topological polar surface area (TPSA) is 114 Å². The lowest BCUT2D eigenvalue weighted by Gasteiger charge is -2.36. The van der Waals surface area contributed by atoms with Crippen molar-refractivity contribution in [3.63, 3.8) is 0 Å². The smallest absolute Gasteiger partial charge is 0.408 e. The zero-order valence-corrected chi connectivity index (χ0v) is 25.9. The van der Waals surface area contributed by atoms with Gasteiger partial charge in [-0.15, -0.1) is 6.42 Å². The lowest BCUT2D eigenvalue weighted by molar-refractivity contribution is -0.145. The van der Waals surface area contributed by atoms with Crippen LogP contribution in [0.4, 0.5) is 4.79 Å². The van der Waals surface area contributed by atoms with E-state index in [4.69, 9.17) is 15.9 Å². The molecule has 0 spiro atoms. The minimum atomic E-state index is -1.14. The van der Waals surface area contributed by atoms with E-state index >= 15 is 0 Å². The molecule has 1 aromatic rings. The van der Waals surface area contributed by atoms with E-state index < -0.39 is 41.6 Å². The largest absolute Gasteiger partial charge is 0.468 e. The van der Waals surface area contributed by atoms with Gasteiger partial charge in [-0.25, -0.2) is 4.79 Å². The van der Waals surface area contributed by atoms with Gasteiger partial charge in [0, 0.05) is 12.1 Å². The number of methoxy groups -OCH3 is 1. The third-order valence-electron chi connectivity index (χ3n) is 6.79. The molecular formula is C32H49N3O6. The van der Waals surface area contributed by atoms with Crippen LogP contribution in [0.5, 0.6) is 0 Å². The van der Waals surface area contributed by atoms with E-state index in [1.807, 2.05) is 13.8 Å². The second-order valence-electron chi connectivity index (χ2n) is 11.2. The van der Waals surface area contributed by atoms with Crippen LogP contribution in [0.25, 0.3) is 0 Å². The van der Waals surface area contributed by atoms with Crippen LogP contribution < -0.4 is 10.6 Å². The van der Waals surface area contributed by atoms with Crippen molar-refractivity contribution in [2.45, 2.75) is 104 Å². The first-order valence-corrected chi connectivity index (χ1v) is 14.6. The molecule has 3 unspecified atom stereocenters. The maximum atomic E-state index is 14.4. The Morgan fingerprint density at radius 2 is 1.66 bits per heavy atom. The first kappa shape index (κ1) is 35.5. The van der Waals surface area contributed by atoms with Crippen LogP contribution in [-0.2, 0) is 23.9 Å². The van der Waals surface area contributed by atoms with Gasteiger partial charge < -0.3 is 25.0 Å². The fourth-order valence-electron chi connectivity index (χ4n) is 4.37. The zero-order chi connectivity index (χ0) is 31.0. The zero-order valence-electron chi connectivity index (χ0n) is 25.9. The molecule has 3 amide bonds. The molecule has 1 aromatic carbocycles. The van der Waals surface area contributed by atoms with Gasteiger partial charge in [0.25, 0.3) is 0 Å². The first-order valence-electron chi connectivity index (χ1n) is 14.6. The van der Waals surface area contributed by atoms with Crippen LogP contribution in [0.1, 0.15) is 104 Å². The molecule has 9 heteroatoms. The molecule has 0 bridgehead atoms. The number of hydrogen-bond donors (Lipinski definition) is 2. The van der Waals surface area contributed by atoms with E-state index in [-0.39, 0.29) is 19.0 Å². The number of unbranched alkanes of at least 4 members (excludes halogenated alkanes) is 5. The average molecular weight is 572 g/mol. The van der Waals surface area contributed by atoms with Gasteiger partial charge >= 0.3 is 12.1 Å². The second kappa shape index (κ2) is 18.0. The van der Waals surface area contributed by atoms with E-state index in [0.29, 0.717) is 24.0 Å². The van der Waals surface area contributed by atoms with Crippen molar-refractivity contribution < 1.29 is 28.7 Å². The molecule has 228 valence electrons. The third-order valence-corrected chi connectivity index (χ3v) is 6.79. The average Bonchev–Trinajstić information content (AvgIpc) is 2.94. The molecular weight excluding hydrogens is 522 g/mol. The number of ether oxygens (including phenoxy) is 2. The molecule has 0 radical (unpaired) electrons. The molecule has 0 aliphatic heterocycles. The Labute approximate surface area is 246 Å². The van der Waals surface area contributed by atoms with E-state index in [9.17, 15) is 19.2 Å². The Hall–Kier alpha value is -3.54. The highest BCUT2D eigenvalue weighted by Crippen LogP contribution is 2.28. The molecule has 2 N–H and O–H groups in total. The number of rotatable bonds is 16. The summed E-state index contributed by atoms with van der Waals surface area (Å²) in [5, 5.41) is 5.36. The van der Waals surface area contributed by atoms with Gasteiger partial charge in [0.05, 0.1) is 7.11 Å². The number of nitrogens with one attached hydrogen (secondary N) is 2. The number of alkyl carbamates (subject to hydrolysis) is 1. The molecule has 0 aliphatic rings. The summed E-state index contributed by atoms with van der Waals surface area (Å²) in [5.74, 6) is 0.729. The highest BCUT2D eigenvalue weighted by Gasteiger charge is 2.38. The standard InChI is InChI=1S/C32H49N3O6/c1-9-12-13-14-15-18-21-35(30(38)27(23(4)10-2)34-31(39)41-32(5,6)7)28(29(37)33-22-26(36)40-8)25-20-17-16-19-24(25)11-3/h3,16-17,19-20,23,27-28H,9-10,12-15,18,21-22H2,1-2,4-8H3,(H,33,37)(H,34,39). The summed E-state index contributed by atoms with van der Waals surface area (Å²) < 4.78 is 10.1. The SMILES string of the molecule is C#Cc1ccccc1C(C(=O)NCC(=O)OC)N(CCCCCCCC)C(=O)C(NC(=O)OC(C)(C)C)C(C)CC. The summed E-state index contributed by atoms with van der Waals surface area (Å²) in [6.45, 7) is 11.1. The van der Waals surface area contributed by atoms with Gasteiger partial charge in [0.2, 0.25) is 11.8 Å². The van der Waals surface area contributed by atoms with Crippen LogP contribution in [0.15, 0.2) is 24.3 Å². The van der Waals surface area contributed by atoms with Crippen molar-refractivity contribution in [3.05, 3.63) is 35.4 Å². The van der Waals surface area contributed by atoms with Gasteiger partial charge in [-0.05, 0) is 44.7 Å². The minimum absolute atomic E-state index is 0.253. The highest BCUT2D eigenvalue weighted by atomic mass is 16.6. The molecule has 0 heterocycles. The van der Waals surface area contributed by atoms with Gasteiger partial charge in [-0.1, -0.05) is 83.4 Å². The third kappa shape index (κ3) is 12.2. The van der Waals surface area contributed by atoms with Gasteiger partial charge in [-0.3, -0.25) is 14.4 Å². The summed E-state index contributed by atoms with van der Waals surface area (Å²) in [5.41, 5.74) is 0.149. The van der Waals surface area contributed by atoms with Gasteiger partial charge in [0.1, 0.15) is 24.2 Å². The maximum Gasteiger partial charge on any atom is 0.408 e. The fourth-order valence-corrected chi connectivity index (χ4v) is 4.37. The number of amides is 3. The molecule has 0 saturated heterocycles. The van der Waals surface area contributed by atoms with Crippen molar-refractivity contribution in [3.8, 4) is 12.3 Å². The molecule has 1 rings (SSSR count). The highest BCUT2D eigenvalue weighted by molar-refractivity contribution is 5.93. The Morgan fingerprint density at radius 3 is 2.24 bits per heavy atom. The van der Waals surface area contributed by atoms with Crippen LogP contribution in [0.2, 0.25) is 0 Å². The lowest BCUT2D eigenvalue weighted by atomic mass is 9.94. The molecule has 0 aliphatic carbocycles. The normalized spacial score (nSPS) is 13.2. The van der Waals surface area contributed by atoms with Crippen LogP contribution in [-0.4, -0.2) is 60.6 Å². The molecule has 9 nitrogen and oxygen atoms in total. The number of carbonyl (C=O) groups excluding carboxylic acids is 4. The summed E-state index contributed by atoms with van der Waals surface area (Å²) in [6.07, 6.45) is 11.5. The first-order chi connectivity index (χ1) is 19.4. The number of benzene rings is 1. The number of nitrogens with zero attached hydrogens (tertiary/aromatic N) is 1. The Bertz CT molecular complexity index is 1040. The molecule has 3 atom stereocenters. The molecule has 0 fully saturated rings. The minimum Gasteiger partial charge on any atom is -0.468 e. The van der Waals surface area contributed by atoms with Gasteiger partial charge in [-0.2, -0.15) is 0 Å². The van der Waals surface area contributed by atoms with Gasteiger partial charge in [0.15, 0.2) is 0 Å². The van der Waals surface area contributed by atoms with E-state index in [0.717, 1.165) is 32.1 Å². The van der Waals surface area contributed by atoms with Crippen molar-refractivity contribution in [2.24, 2.45) is 5.92 Å². The van der Waals surface area contributed by atoms with E-state index in [1.165, 1.54) is 12.0 Å². The van der Waals surface area contributed by atoms with Crippen molar-refractivity contribution >= 4 is 23.9 Å². The molecule has 0 aromatic heterocycles. The summed E-state index contributed by atoms with van der Waals surface area (Å²) in [6, 6.07) is 4.82. The van der Waals surface area contributed by atoms with E-state index in [2.05, 4.69) is 23.5 Å². The summed E-state index contributed by atoms with van der Waals surface area (Å²) in [4.78, 5) is 54.2. The van der Waals surface area contributed by atoms with Crippen molar-refractivity contribution in [1.29, 1.82) is 0 Å². The fraction of sp³-hybridized carbons (Fsp3) is 0.625. The van der Waals surface area contributed by atoms with Crippen molar-refractivity contribution in [1.82, 2.24) is 15.5 Å². The number of hydrogen-bond acceptors (Lipinski definition) is 6. The molecule has 41 heavy (non-hydrogen) atoms. The van der Waals surface area contributed by atoms with E-state index in [1.54, 1.807) is 45.0 Å². The van der Waals surface area contributed by atoms with Crippen LogP contribution >= 0.6 is 0 Å². The maximum absolute atomic E-state index is 14.4. The van der Waals surface area contributed by atoms with Crippen molar-refractivity contribution in [2.75, 3.05) is 20.2 Å². The Balaban J connectivity index is 3.57.